The van der Waals surface area contributed by atoms with Crippen molar-refractivity contribution in [2.45, 2.75) is 26.1 Å². The van der Waals surface area contributed by atoms with Crippen molar-refractivity contribution in [1.82, 2.24) is 14.8 Å². The van der Waals surface area contributed by atoms with Gasteiger partial charge in [-0.3, -0.25) is 9.69 Å². The van der Waals surface area contributed by atoms with Crippen LogP contribution in [-0.4, -0.2) is 58.2 Å². The summed E-state index contributed by atoms with van der Waals surface area (Å²) in [5, 5.41) is 7.33. The van der Waals surface area contributed by atoms with Crippen LogP contribution in [0.15, 0.2) is 72.0 Å². The van der Waals surface area contributed by atoms with E-state index in [0.717, 1.165) is 17.3 Å². The molecule has 45 heavy (non-hydrogen) atoms. The number of hydrogen-bond donors (Lipinski definition) is 1. The lowest BCUT2D eigenvalue weighted by atomic mass is 10.00. The van der Waals surface area contributed by atoms with Gasteiger partial charge in [0, 0.05) is 11.6 Å². The molecule has 3 aromatic carbocycles. The summed E-state index contributed by atoms with van der Waals surface area (Å²) in [5.74, 6) is 0.837. The molecule has 1 aliphatic rings. The molecule has 0 unspecified atom stereocenters. The summed E-state index contributed by atoms with van der Waals surface area (Å²) >= 11 is 1.16. The highest BCUT2D eigenvalue weighted by atomic mass is 32.2. The van der Waals surface area contributed by atoms with E-state index in [9.17, 15) is 22.8 Å². The number of amidine groups is 1. The van der Waals surface area contributed by atoms with Crippen molar-refractivity contribution in [2.24, 2.45) is 4.99 Å². The molecule has 1 N–H and O–H groups in total. The zero-order chi connectivity index (χ0) is 32.3. The maximum atomic E-state index is 13.0. The summed E-state index contributed by atoms with van der Waals surface area (Å²) in [7, 11) is 2.97. The first-order chi connectivity index (χ1) is 21.5. The van der Waals surface area contributed by atoms with Crippen molar-refractivity contribution >= 4 is 40.2 Å². The van der Waals surface area contributed by atoms with Crippen LogP contribution in [0.2, 0.25) is 0 Å². The number of rotatable bonds is 8. The van der Waals surface area contributed by atoms with Crippen molar-refractivity contribution < 1.29 is 37.0 Å². The van der Waals surface area contributed by atoms with Crippen LogP contribution in [0.3, 0.4) is 0 Å². The number of nitrogens with one attached hydrogen (secondary N) is 1. The fourth-order valence-electron chi connectivity index (χ4n) is 4.50. The van der Waals surface area contributed by atoms with E-state index in [0.29, 0.717) is 39.9 Å². The average Bonchev–Trinajstić information content (AvgIpc) is 3.63. The number of anilines is 2. The van der Waals surface area contributed by atoms with Gasteiger partial charge in [0.05, 0.1) is 37.0 Å². The molecule has 1 aliphatic heterocycles. The second-order valence-corrected chi connectivity index (χ2v) is 10.8. The number of carbonyl (C=O) groups excluding carboxylic acids is 2. The molecule has 4 aromatic rings. The molecule has 2 heterocycles. The molecule has 15 heteroatoms. The van der Waals surface area contributed by atoms with Crippen LogP contribution in [-0.2, 0) is 4.79 Å². The highest BCUT2D eigenvalue weighted by Crippen LogP contribution is 2.36. The van der Waals surface area contributed by atoms with Gasteiger partial charge in [-0.15, -0.1) is 18.3 Å². The van der Waals surface area contributed by atoms with Gasteiger partial charge in [0.15, 0.2) is 11.0 Å². The molecule has 0 aliphatic carbocycles. The number of urea groups is 1. The normalized spacial score (nSPS) is 14.3. The Kier molecular flexibility index (Phi) is 8.99. The molecule has 1 saturated heterocycles. The number of amides is 3. The van der Waals surface area contributed by atoms with E-state index in [1.807, 2.05) is 26.0 Å². The van der Waals surface area contributed by atoms with E-state index < -0.39 is 12.4 Å². The maximum absolute atomic E-state index is 13.0. The summed E-state index contributed by atoms with van der Waals surface area (Å²) in [6.07, 6.45) is -3.38. The van der Waals surface area contributed by atoms with Crippen molar-refractivity contribution in [3.8, 4) is 34.3 Å². The van der Waals surface area contributed by atoms with E-state index in [1.54, 1.807) is 24.3 Å². The van der Waals surface area contributed by atoms with Crippen LogP contribution in [0, 0.1) is 0 Å². The third-order valence-electron chi connectivity index (χ3n) is 6.59. The van der Waals surface area contributed by atoms with Crippen LogP contribution < -0.4 is 24.4 Å². The zero-order valence-electron chi connectivity index (χ0n) is 24.5. The van der Waals surface area contributed by atoms with Gasteiger partial charge in [-0.2, -0.15) is 4.99 Å². The summed E-state index contributed by atoms with van der Waals surface area (Å²) in [4.78, 5) is 35.9. The number of hydrogen-bond acceptors (Lipinski definition) is 8. The van der Waals surface area contributed by atoms with Crippen LogP contribution in [0.1, 0.15) is 25.3 Å². The Morgan fingerprint density at radius 1 is 1.02 bits per heavy atom. The highest BCUT2D eigenvalue weighted by molar-refractivity contribution is 8.15. The van der Waals surface area contributed by atoms with E-state index in [4.69, 9.17) is 9.47 Å². The van der Waals surface area contributed by atoms with Gasteiger partial charge >= 0.3 is 12.4 Å². The molecule has 3 amide bonds. The minimum Gasteiger partial charge on any atom is -0.497 e. The lowest BCUT2D eigenvalue weighted by molar-refractivity contribution is -0.274. The lowest BCUT2D eigenvalue weighted by Crippen LogP contribution is -2.31. The molecule has 0 bridgehead atoms. The Labute approximate surface area is 260 Å². The highest BCUT2D eigenvalue weighted by Gasteiger charge is 2.33. The predicted octanol–water partition coefficient (Wildman–Crippen LogP) is 6.64. The second-order valence-electron chi connectivity index (χ2n) is 9.89. The number of aromatic nitrogens is 3. The first-order valence-electron chi connectivity index (χ1n) is 13.5. The van der Waals surface area contributed by atoms with Crippen LogP contribution in [0.25, 0.3) is 17.1 Å². The fraction of sp³-hybridized carbons (Fsp3) is 0.233. The smallest absolute Gasteiger partial charge is 0.497 e. The minimum absolute atomic E-state index is 0.0986. The van der Waals surface area contributed by atoms with Crippen molar-refractivity contribution in [1.29, 1.82) is 0 Å². The summed E-state index contributed by atoms with van der Waals surface area (Å²) in [6.45, 7) is 4.01. The largest absolute Gasteiger partial charge is 0.573 e. The van der Waals surface area contributed by atoms with Gasteiger partial charge in [-0.05, 0) is 60.0 Å². The van der Waals surface area contributed by atoms with Gasteiger partial charge < -0.3 is 19.5 Å². The lowest BCUT2D eigenvalue weighted by Gasteiger charge is -2.22. The predicted molar refractivity (Wildman–Crippen MR) is 164 cm³/mol. The topological polar surface area (TPSA) is 120 Å². The molecule has 1 aromatic heterocycles. The third-order valence-corrected chi connectivity index (χ3v) is 7.51. The molecule has 0 spiro atoms. The number of alkyl halides is 3. The Morgan fingerprint density at radius 3 is 2.42 bits per heavy atom. The van der Waals surface area contributed by atoms with Gasteiger partial charge in [0.25, 0.3) is 0 Å². The number of nitrogens with zero attached hydrogens (tertiary/aromatic N) is 5. The van der Waals surface area contributed by atoms with E-state index >= 15 is 0 Å². The van der Waals surface area contributed by atoms with Crippen LogP contribution >= 0.6 is 11.8 Å². The first-order valence-corrected chi connectivity index (χ1v) is 14.4. The van der Waals surface area contributed by atoms with Crippen molar-refractivity contribution in [2.75, 3.05) is 30.2 Å². The fourth-order valence-corrected chi connectivity index (χ4v) is 5.36. The number of benzene rings is 3. The maximum Gasteiger partial charge on any atom is 0.573 e. The molecular weight excluding hydrogens is 613 g/mol. The Balaban J connectivity index is 1.34. The summed E-state index contributed by atoms with van der Waals surface area (Å²) in [5.41, 5.74) is 2.84. The Bertz CT molecular complexity index is 1760. The Hall–Kier alpha value is -5.05. The van der Waals surface area contributed by atoms with Crippen molar-refractivity contribution in [3.63, 3.8) is 0 Å². The molecule has 0 radical (unpaired) electrons. The third kappa shape index (κ3) is 7.20. The Morgan fingerprint density at radius 2 is 1.76 bits per heavy atom. The van der Waals surface area contributed by atoms with E-state index in [-0.39, 0.29) is 28.5 Å². The number of thioether (sulfide) groups is 1. The monoisotopic (exact) mass is 640 g/mol. The van der Waals surface area contributed by atoms with Gasteiger partial charge in [0.2, 0.25) is 5.91 Å². The van der Waals surface area contributed by atoms with Crippen molar-refractivity contribution in [3.05, 3.63) is 72.6 Å². The summed E-state index contributed by atoms with van der Waals surface area (Å²) in [6, 6.07) is 14.8. The molecule has 0 saturated carbocycles. The van der Waals surface area contributed by atoms with E-state index in [2.05, 4.69) is 25.1 Å². The standard InChI is InChI=1S/C30H27F3N6O5S/c1-17(2)22-11-10-21(42-3)14-24(22)39-26(40)15-45-29(39)36-28(41)35-23-12-5-18(13-25(23)43-4)27-34-16-38(37-27)19-6-8-20(9-7-19)44-30(31,32)33/h5-14,16-17H,15H2,1-4H3,(H,35,41)/b36-29-. The molecular formula is C30H27F3N6O5S. The number of carbonyl (C=O) groups is 2. The molecule has 0 atom stereocenters. The van der Waals surface area contributed by atoms with Gasteiger partial charge in [0.1, 0.15) is 23.6 Å². The molecule has 234 valence electrons. The SMILES string of the molecule is COc1ccc(C(C)C)c(N2C(=O)CS/C2=N\C(=O)Nc2ccc(-c3ncn(-c4ccc(OC(F)(F)F)cc4)n3)cc2OC)c1. The van der Waals surface area contributed by atoms with Gasteiger partial charge in [-0.25, -0.2) is 14.5 Å². The van der Waals surface area contributed by atoms with Crippen LogP contribution in [0.4, 0.5) is 29.3 Å². The number of aliphatic imine (C=N–C) groups is 1. The van der Waals surface area contributed by atoms with E-state index in [1.165, 1.54) is 54.4 Å². The molecule has 1 fully saturated rings. The minimum atomic E-state index is -4.79. The van der Waals surface area contributed by atoms with Crippen LogP contribution in [0.5, 0.6) is 17.2 Å². The second kappa shape index (κ2) is 12.9. The zero-order valence-corrected chi connectivity index (χ0v) is 25.3. The molecule has 5 rings (SSSR count). The number of methoxy groups -OCH3 is 2. The number of halogens is 3. The average molecular weight is 641 g/mol. The van der Waals surface area contributed by atoms with Gasteiger partial charge in [-0.1, -0.05) is 31.7 Å². The summed E-state index contributed by atoms with van der Waals surface area (Å²) < 4.78 is 53.5. The molecule has 11 nitrogen and oxygen atoms in total. The quantitative estimate of drug-likeness (QED) is 0.228. The number of ether oxygens (including phenoxy) is 3. The first kappa shape index (κ1) is 31.4.